The highest BCUT2D eigenvalue weighted by molar-refractivity contribution is 6.35. The standard InChI is InChI=1S/C26H30N6O3.C22H24ClFN4O3.C22H27FN4O2/c1-30-12-14-31(15-13-30)20-10-8-19(9-11-20)25(33)27-24-21-16-32(17-22(21)28-29-24)26(34)23(35-2)18-6-4-3-5-7-18;1-29-20-13-19-16(12-21(20)31-8-2-5-28-6-9-30-10-7-28)22(26-14-25-19)27-15-3-4-18(24)17(23)11-15;1-5-27(6-2)10-9-24-22(29)20-13(3)19(25-14(20)4)12-17-16-11-15(23)7-8-18(16)26-21(17)28/h3-11,23H,12-17H2,1-2H3,(H2,27,28,29,33);3-4,11-14H,2,5-10H2,1H3,(H,25,26,27);7-8,11-12,25H,5-6,9-10H2,1-4H3,(H,24,29)(H,26,28)/b;;17-12-/t23-;;/m1../s1. The number of hydrogen-bond donors (Lipinski definition) is 6. The number of carbonyl (C=O) groups is 4. The van der Waals surface area contributed by atoms with Gasteiger partial charge in [-0.25, -0.2) is 18.7 Å². The van der Waals surface area contributed by atoms with Gasteiger partial charge in [-0.05, 0) is 124 Å². The lowest BCUT2D eigenvalue weighted by atomic mass is 10.0. The lowest BCUT2D eigenvalue weighted by Crippen LogP contribution is -2.44. The monoisotopic (exact) mass is 1320 g/mol. The van der Waals surface area contributed by atoms with Crippen molar-refractivity contribution in [2.24, 2.45) is 0 Å². The number of aromatic nitrogens is 5. The van der Waals surface area contributed by atoms with E-state index in [1.165, 1.54) is 37.7 Å². The molecule has 4 aliphatic rings. The van der Waals surface area contributed by atoms with Gasteiger partial charge in [0.2, 0.25) is 0 Å². The van der Waals surface area contributed by atoms with Crippen molar-refractivity contribution in [3.63, 3.8) is 0 Å². The predicted molar refractivity (Wildman–Crippen MR) is 365 cm³/mol. The maximum Gasteiger partial charge on any atom is 0.256 e. The molecule has 1 atom stereocenters. The molecule has 7 heterocycles. The van der Waals surface area contributed by atoms with Crippen molar-refractivity contribution in [1.82, 2.24) is 50.1 Å². The summed E-state index contributed by atoms with van der Waals surface area (Å²) in [6.45, 7) is 20.9. The van der Waals surface area contributed by atoms with E-state index in [4.69, 9.17) is 30.5 Å². The summed E-state index contributed by atoms with van der Waals surface area (Å²) in [6.07, 6.45) is 3.35. The van der Waals surface area contributed by atoms with Crippen LogP contribution in [0.5, 0.6) is 11.5 Å². The third-order valence-corrected chi connectivity index (χ3v) is 17.5. The van der Waals surface area contributed by atoms with Crippen molar-refractivity contribution >= 4 is 86.5 Å². The minimum atomic E-state index is -0.676. The molecule has 2 fully saturated rings. The highest BCUT2D eigenvalue weighted by Crippen LogP contribution is 2.37. The van der Waals surface area contributed by atoms with Crippen LogP contribution in [0.2, 0.25) is 5.02 Å². The number of halogens is 3. The fourth-order valence-corrected chi connectivity index (χ4v) is 11.9. The topological polar surface area (TPSA) is 240 Å². The Balaban J connectivity index is 0.000000156. The van der Waals surface area contributed by atoms with Crippen LogP contribution in [0.15, 0.2) is 109 Å². The molecule has 5 aromatic carbocycles. The quantitative estimate of drug-likeness (QED) is 0.0290. The molecular weight excluding hydrogens is 1240 g/mol. The van der Waals surface area contributed by atoms with Gasteiger partial charge in [-0.1, -0.05) is 55.8 Å². The second-order valence-corrected chi connectivity index (χ2v) is 23.7. The van der Waals surface area contributed by atoms with Gasteiger partial charge in [-0.2, -0.15) is 5.10 Å². The first kappa shape index (κ1) is 68.6. The van der Waals surface area contributed by atoms with Gasteiger partial charge in [0.05, 0.1) is 67.4 Å². The molecule has 4 aliphatic heterocycles. The Kier molecular flexibility index (Phi) is 23.3. The van der Waals surface area contributed by atoms with Crippen LogP contribution in [-0.2, 0) is 32.2 Å². The molecule has 0 spiro atoms. The van der Waals surface area contributed by atoms with E-state index >= 15 is 0 Å². The summed E-state index contributed by atoms with van der Waals surface area (Å²) in [7, 11) is 5.26. The number of nitrogens with one attached hydrogen (secondary N) is 6. The Bertz CT molecular complexity index is 4020. The van der Waals surface area contributed by atoms with E-state index in [1.54, 1.807) is 30.2 Å². The molecule has 0 unspecified atom stereocenters. The molecule has 22 nitrogen and oxygen atoms in total. The molecule has 0 aliphatic carbocycles. The van der Waals surface area contributed by atoms with Crippen molar-refractivity contribution in [2.45, 2.75) is 53.3 Å². The zero-order valence-corrected chi connectivity index (χ0v) is 55.3. The molecule has 4 amide bonds. The number of aryl methyl sites for hydroxylation is 1. The number of fused-ring (bicyclic) bond motifs is 3. The average Bonchev–Trinajstić information content (AvgIpc) is 1.75. The van der Waals surface area contributed by atoms with E-state index < -0.39 is 17.7 Å². The number of amides is 4. The predicted octanol–water partition coefficient (Wildman–Crippen LogP) is 10.3. The van der Waals surface area contributed by atoms with Crippen molar-refractivity contribution < 1.29 is 46.9 Å². The lowest BCUT2D eigenvalue weighted by Gasteiger charge is -2.34. The SMILES string of the molecule is CCN(CC)CCNC(=O)c1c(C)[nH]c(/C=C2\C(=O)Nc3ccc(F)cc32)c1C.CO[C@@H](C(=O)N1Cc2[nH]nc(NC(=O)c3ccc(N4CCN(C)CC4)cc3)c2C1)c1ccccc1.COc1cc2ncnc(Nc3ccc(F)c(Cl)c3)c2cc1OCCCN1CCOCC1. The molecule has 2 saturated heterocycles. The van der Waals surface area contributed by atoms with Crippen LogP contribution in [0.3, 0.4) is 0 Å². The number of ether oxygens (including phenoxy) is 4. The van der Waals surface area contributed by atoms with E-state index in [0.717, 1.165) is 124 Å². The Morgan fingerprint density at radius 3 is 2.33 bits per heavy atom. The fourth-order valence-electron chi connectivity index (χ4n) is 11.7. The summed E-state index contributed by atoms with van der Waals surface area (Å²) in [5, 5.41) is 19.8. The highest BCUT2D eigenvalue weighted by Gasteiger charge is 2.34. The van der Waals surface area contributed by atoms with Crippen LogP contribution < -0.4 is 35.6 Å². The second kappa shape index (κ2) is 32.2. The Hall–Kier alpha value is -9.30. The van der Waals surface area contributed by atoms with Crippen LogP contribution in [0, 0.1) is 25.5 Å². The van der Waals surface area contributed by atoms with Crippen LogP contribution in [0.1, 0.15) is 86.4 Å². The van der Waals surface area contributed by atoms with Gasteiger partial charge in [-0.15, -0.1) is 0 Å². The number of methoxy groups -OCH3 is 2. The summed E-state index contributed by atoms with van der Waals surface area (Å²) in [5.74, 6) is 0.577. The molecule has 6 N–H and O–H groups in total. The van der Waals surface area contributed by atoms with Crippen molar-refractivity contribution in [2.75, 3.05) is 134 Å². The Morgan fingerprint density at radius 1 is 0.853 bits per heavy atom. The first-order valence-electron chi connectivity index (χ1n) is 31.8. The van der Waals surface area contributed by atoms with Gasteiger partial charge in [0.1, 0.15) is 23.8 Å². The summed E-state index contributed by atoms with van der Waals surface area (Å²) >= 11 is 5.90. The van der Waals surface area contributed by atoms with Crippen LogP contribution >= 0.6 is 11.6 Å². The molecule has 0 radical (unpaired) electrons. The summed E-state index contributed by atoms with van der Waals surface area (Å²) in [6, 6.07) is 29.4. The second-order valence-electron chi connectivity index (χ2n) is 23.3. The average molecular weight is 1320 g/mol. The normalized spacial score (nSPS) is 15.3. The number of likely N-dealkylation sites (N-methyl/N-ethyl adjacent to an activating group) is 2. The van der Waals surface area contributed by atoms with E-state index in [1.807, 2.05) is 80.6 Å². The highest BCUT2D eigenvalue weighted by atomic mass is 35.5. The zero-order valence-electron chi connectivity index (χ0n) is 54.5. The number of nitrogens with zero attached hydrogens (tertiary/aromatic N) is 8. The summed E-state index contributed by atoms with van der Waals surface area (Å²) in [4.78, 5) is 73.9. The number of carbonyl (C=O) groups excluding carboxylic acids is 4. The first-order valence-corrected chi connectivity index (χ1v) is 32.2. The van der Waals surface area contributed by atoms with Crippen LogP contribution in [-0.4, -0.2) is 181 Å². The summed E-state index contributed by atoms with van der Waals surface area (Å²) < 4.78 is 49.5. The zero-order chi connectivity index (χ0) is 67.1. The number of rotatable bonds is 21. The number of morpholine rings is 1. The third kappa shape index (κ3) is 17.0. The van der Waals surface area contributed by atoms with Gasteiger partial charge >= 0.3 is 0 Å². The third-order valence-electron chi connectivity index (χ3n) is 17.2. The largest absolute Gasteiger partial charge is 0.493 e. The van der Waals surface area contributed by atoms with E-state index in [-0.39, 0.29) is 28.7 Å². The molecule has 95 heavy (non-hydrogen) atoms. The maximum absolute atomic E-state index is 13.7. The minimum absolute atomic E-state index is 0.0364. The number of benzene rings is 5. The smallest absolute Gasteiger partial charge is 0.256 e. The Labute approximate surface area is 556 Å². The number of piperazine rings is 1. The van der Waals surface area contributed by atoms with Crippen molar-refractivity contribution in [3.05, 3.63) is 177 Å². The van der Waals surface area contributed by atoms with Gasteiger partial charge in [-0.3, -0.25) is 29.2 Å². The number of aromatic amines is 2. The number of H-pyrrole nitrogens is 2. The lowest BCUT2D eigenvalue weighted by molar-refractivity contribution is -0.143. The summed E-state index contributed by atoms with van der Waals surface area (Å²) in [5.41, 5.74) is 9.66. The molecule has 0 saturated carbocycles. The van der Waals surface area contributed by atoms with Crippen LogP contribution in [0.4, 0.5) is 37.5 Å². The molecule has 3 aromatic heterocycles. The van der Waals surface area contributed by atoms with Crippen LogP contribution in [0.25, 0.3) is 22.6 Å². The molecule has 25 heteroatoms. The molecule has 500 valence electrons. The molecule has 8 aromatic rings. The van der Waals surface area contributed by atoms with E-state index in [2.05, 4.69) is 86.9 Å². The number of hydrogen-bond acceptors (Lipinski definition) is 16. The van der Waals surface area contributed by atoms with Gasteiger partial charge in [0.15, 0.2) is 23.4 Å². The minimum Gasteiger partial charge on any atom is -0.493 e. The Morgan fingerprint density at radius 2 is 1.61 bits per heavy atom. The van der Waals surface area contributed by atoms with Gasteiger partial charge < -0.3 is 64.8 Å². The fraction of sp³-hybridized carbons (Fsp3) is 0.357. The molecule has 12 rings (SSSR count). The van der Waals surface area contributed by atoms with E-state index in [0.29, 0.717) is 94.2 Å². The van der Waals surface area contributed by atoms with Crippen molar-refractivity contribution in [3.8, 4) is 11.5 Å². The van der Waals surface area contributed by atoms with Crippen molar-refractivity contribution in [1.29, 1.82) is 0 Å². The maximum atomic E-state index is 13.7. The number of anilines is 5. The molecule has 0 bridgehead atoms. The molecular formula is C70H81ClF2N14O8. The van der Waals surface area contributed by atoms with E-state index in [9.17, 15) is 28.0 Å². The van der Waals surface area contributed by atoms with Gasteiger partial charge in [0.25, 0.3) is 23.6 Å². The van der Waals surface area contributed by atoms with Gasteiger partial charge in [0, 0.05) is 123 Å². The first-order chi connectivity index (χ1) is 46.0.